The monoisotopic (exact) mass is 216 g/mol. The summed E-state index contributed by atoms with van der Waals surface area (Å²) in [6.07, 6.45) is 4.18. The molecule has 0 heterocycles. The Bertz CT molecular complexity index is 201. The normalized spacial score (nSPS) is 12.1. The van der Waals surface area contributed by atoms with Gasteiger partial charge in [0.25, 0.3) is 0 Å². The molecular formula is C11H20O4. The minimum absolute atomic E-state index is 0.0596. The van der Waals surface area contributed by atoms with E-state index in [0.717, 1.165) is 25.7 Å². The molecule has 15 heavy (non-hydrogen) atoms. The van der Waals surface area contributed by atoms with Crippen molar-refractivity contribution in [3.63, 3.8) is 0 Å². The predicted octanol–water partition coefficient (Wildman–Crippen LogP) is 2.36. The predicted molar refractivity (Wildman–Crippen MR) is 56.6 cm³/mol. The van der Waals surface area contributed by atoms with E-state index in [2.05, 4.69) is 6.92 Å². The molecule has 0 fully saturated rings. The maximum Gasteiger partial charge on any atom is 0.303 e. The Morgan fingerprint density at radius 3 is 2.40 bits per heavy atom. The molecule has 0 aromatic heterocycles. The first-order valence-corrected chi connectivity index (χ1v) is 5.45. The number of hydrogen-bond donors (Lipinski definition) is 1. The van der Waals surface area contributed by atoms with Gasteiger partial charge in [0.15, 0.2) is 0 Å². The van der Waals surface area contributed by atoms with Crippen LogP contribution in [0.25, 0.3) is 0 Å². The lowest BCUT2D eigenvalue weighted by atomic mass is 10.1. The number of carboxylic acid groups (broad SMARTS) is 1. The van der Waals surface area contributed by atoms with Crippen LogP contribution in [-0.4, -0.2) is 23.1 Å². The second kappa shape index (κ2) is 8.26. The van der Waals surface area contributed by atoms with Crippen LogP contribution < -0.4 is 0 Å². The van der Waals surface area contributed by atoms with Crippen LogP contribution in [0.1, 0.15) is 52.4 Å². The van der Waals surface area contributed by atoms with Crippen LogP contribution >= 0.6 is 0 Å². The number of ether oxygens (including phenoxy) is 1. The summed E-state index contributed by atoms with van der Waals surface area (Å²) in [6.45, 7) is 3.45. The number of rotatable bonds is 8. The molecule has 0 aliphatic heterocycles. The summed E-state index contributed by atoms with van der Waals surface area (Å²) < 4.78 is 5.05. The van der Waals surface area contributed by atoms with Crippen LogP contribution in [0.15, 0.2) is 0 Å². The molecule has 0 amide bonds. The van der Waals surface area contributed by atoms with Gasteiger partial charge in [-0.3, -0.25) is 9.59 Å². The van der Waals surface area contributed by atoms with Gasteiger partial charge in [0.1, 0.15) is 6.10 Å². The largest absolute Gasteiger partial charge is 0.481 e. The molecule has 0 spiro atoms. The van der Waals surface area contributed by atoms with E-state index in [1.165, 1.54) is 6.92 Å². The molecule has 0 bridgehead atoms. The van der Waals surface area contributed by atoms with Gasteiger partial charge in [-0.2, -0.15) is 0 Å². The SMILES string of the molecule is CCCCCC(CCC(=O)O)OC(C)=O. The van der Waals surface area contributed by atoms with Gasteiger partial charge in [0, 0.05) is 13.3 Å². The highest BCUT2D eigenvalue weighted by Crippen LogP contribution is 2.12. The maximum atomic E-state index is 10.8. The van der Waals surface area contributed by atoms with Crippen molar-refractivity contribution in [3.05, 3.63) is 0 Å². The smallest absolute Gasteiger partial charge is 0.303 e. The van der Waals surface area contributed by atoms with Crippen molar-refractivity contribution < 1.29 is 19.4 Å². The quantitative estimate of drug-likeness (QED) is 0.499. The molecule has 0 saturated heterocycles. The van der Waals surface area contributed by atoms with E-state index in [9.17, 15) is 9.59 Å². The van der Waals surface area contributed by atoms with Crippen LogP contribution in [-0.2, 0) is 14.3 Å². The first kappa shape index (κ1) is 13.9. The van der Waals surface area contributed by atoms with Gasteiger partial charge >= 0.3 is 11.9 Å². The molecular weight excluding hydrogens is 196 g/mol. The van der Waals surface area contributed by atoms with Crippen LogP contribution in [0.2, 0.25) is 0 Å². The van der Waals surface area contributed by atoms with Gasteiger partial charge in [-0.05, 0) is 19.3 Å². The molecule has 1 unspecified atom stereocenters. The van der Waals surface area contributed by atoms with E-state index in [-0.39, 0.29) is 18.5 Å². The summed E-state index contributed by atoms with van der Waals surface area (Å²) in [6, 6.07) is 0. The Morgan fingerprint density at radius 2 is 1.93 bits per heavy atom. The Kier molecular flexibility index (Phi) is 7.68. The third-order valence-corrected chi connectivity index (χ3v) is 2.14. The summed E-state index contributed by atoms with van der Waals surface area (Å²) in [7, 11) is 0. The second-order valence-electron chi connectivity index (χ2n) is 3.66. The van der Waals surface area contributed by atoms with E-state index in [1.54, 1.807) is 0 Å². The summed E-state index contributed by atoms with van der Waals surface area (Å²) in [5, 5.41) is 8.53. The molecule has 1 N–H and O–H groups in total. The molecule has 4 nitrogen and oxygen atoms in total. The van der Waals surface area contributed by atoms with Gasteiger partial charge in [-0.15, -0.1) is 0 Å². The number of aliphatic carboxylic acids is 1. The molecule has 4 heteroatoms. The number of unbranched alkanes of at least 4 members (excludes halogenated alkanes) is 2. The first-order valence-electron chi connectivity index (χ1n) is 5.45. The minimum atomic E-state index is -0.845. The molecule has 0 aromatic rings. The third kappa shape index (κ3) is 9.25. The van der Waals surface area contributed by atoms with Crippen molar-refractivity contribution in [1.82, 2.24) is 0 Å². The number of carbonyl (C=O) groups is 2. The fourth-order valence-electron chi connectivity index (χ4n) is 1.40. The summed E-state index contributed by atoms with van der Waals surface area (Å²) in [5.41, 5.74) is 0. The van der Waals surface area contributed by atoms with Gasteiger partial charge in [0.2, 0.25) is 0 Å². The van der Waals surface area contributed by atoms with Crippen molar-refractivity contribution in [1.29, 1.82) is 0 Å². The van der Waals surface area contributed by atoms with E-state index >= 15 is 0 Å². The van der Waals surface area contributed by atoms with Crippen molar-refractivity contribution in [2.24, 2.45) is 0 Å². The second-order valence-corrected chi connectivity index (χ2v) is 3.66. The fraction of sp³-hybridized carbons (Fsp3) is 0.818. The average Bonchev–Trinajstić information content (AvgIpc) is 2.13. The van der Waals surface area contributed by atoms with Gasteiger partial charge < -0.3 is 9.84 Å². The zero-order chi connectivity index (χ0) is 11.7. The Morgan fingerprint density at radius 1 is 1.27 bits per heavy atom. The number of esters is 1. The van der Waals surface area contributed by atoms with Crippen LogP contribution in [0.4, 0.5) is 0 Å². The minimum Gasteiger partial charge on any atom is -0.481 e. The van der Waals surface area contributed by atoms with E-state index < -0.39 is 5.97 Å². The molecule has 0 saturated carbocycles. The number of carbonyl (C=O) groups excluding carboxylic acids is 1. The molecule has 0 aliphatic rings. The molecule has 0 rings (SSSR count). The lowest BCUT2D eigenvalue weighted by Gasteiger charge is -2.15. The molecule has 88 valence electrons. The zero-order valence-electron chi connectivity index (χ0n) is 9.49. The van der Waals surface area contributed by atoms with Crippen LogP contribution in [0.3, 0.4) is 0 Å². The maximum absolute atomic E-state index is 10.8. The highest BCUT2D eigenvalue weighted by atomic mass is 16.5. The van der Waals surface area contributed by atoms with Gasteiger partial charge in [-0.25, -0.2) is 0 Å². The number of carboxylic acids is 1. The van der Waals surface area contributed by atoms with Crippen LogP contribution in [0, 0.1) is 0 Å². The molecule has 1 atom stereocenters. The molecule has 0 aliphatic carbocycles. The van der Waals surface area contributed by atoms with E-state index in [0.29, 0.717) is 6.42 Å². The van der Waals surface area contributed by atoms with Gasteiger partial charge in [0.05, 0.1) is 0 Å². The highest BCUT2D eigenvalue weighted by molar-refractivity contribution is 5.67. The summed E-state index contributed by atoms with van der Waals surface area (Å²) in [4.78, 5) is 21.1. The van der Waals surface area contributed by atoms with Crippen molar-refractivity contribution in [3.8, 4) is 0 Å². The van der Waals surface area contributed by atoms with Crippen molar-refractivity contribution in [2.45, 2.75) is 58.5 Å². The zero-order valence-corrected chi connectivity index (χ0v) is 9.49. The van der Waals surface area contributed by atoms with Crippen molar-refractivity contribution >= 4 is 11.9 Å². The van der Waals surface area contributed by atoms with E-state index in [1.807, 2.05) is 0 Å². The summed E-state index contributed by atoms with van der Waals surface area (Å²) in [5.74, 6) is -1.18. The first-order chi connectivity index (χ1) is 7.06. The standard InChI is InChI=1S/C11H20O4/c1-3-4-5-6-10(15-9(2)12)7-8-11(13)14/h10H,3-8H2,1-2H3,(H,13,14). The summed E-state index contributed by atoms with van der Waals surface area (Å²) >= 11 is 0. The average molecular weight is 216 g/mol. The van der Waals surface area contributed by atoms with Gasteiger partial charge in [-0.1, -0.05) is 19.8 Å². The molecule has 0 aromatic carbocycles. The van der Waals surface area contributed by atoms with Crippen LogP contribution in [0.5, 0.6) is 0 Å². The fourth-order valence-corrected chi connectivity index (χ4v) is 1.40. The highest BCUT2D eigenvalue weighted by Gasteiger charge is 2.13. The Labute approximate surface area is 90.6 Å². The Balaban J connectivity index is 3.83. The van der Waals surface area contributed by atoms with Crippen molar-refractivity contribution in [2.75, 3.05) is 0 Å². The lowest BCUT2D eigenvalue weighted by molar-refractivity contribution is -0.149. The third-order valence-electron chi connectivity index (χ3n) is 2.14. The lowest BCUT2D eigenvalue weighted by Crippen LogP contribution is -2.17. The Hall–Kier alpha value is -1.06. The topological polar surface area (TPSA) is 63.6 Å². The molecule has 0 radical (unpaired) electrons. The number of hydrogen-bond acceptors (Lipinski definition) is 3. The van der Waals surface area contributed by atoms with E-state index in [4.69, 9.17) is 9.84 Å².